The molecule has 0 fully saturated rings. The molecule has 1 aromatic carbocycles. The fourth-order valence-electron chi connectivity index (χ4n) is 2.66. The molecule has 0 aliphatic carbocycles. The van der Waals surface area contributed by atoms with E-state index >= 15 is 0 Å². The van der Waals surface area contributed by atoms with Crippen LogP contribution in [0.1, 0.15) is 92.2 Å². The minimum absolute atomic E-state index is 0.147. The van der Waals surface area contributed by atoms with Crippen molar-refractivity contribution >= 4 is 16.6 Å². The van der Waals surface area contributed by atoms with Crippen LogP contribution in [0.15, 0.2) is 12.1 Å². The van der Waals surface area contributed by atoms with Crippen LogP contribution < -0.4 is 9.47 Å². The summed E-state index contributed by atoms with van der Waals surface area (Å²) in [6, 6.07) is 4.27. The van der Waals surface area contributed by atoms with Gasteiger partial charge in [-0.3, -0.25) is 0 Å². The molecule has 0 amide bonds. The van der Waals surface area contributed by atoms with E-state index in [0.29, 0.717) is 11.8 Å². The third-order valence-corrected chi connectivity index (χ3v) is 16.2. The Morgan fingerprint density at radius 1 is 0.625 bits per heavy atom. The predicted molar refractivity (Wildman–Crippen MR) is 142 cm³/mol. The average molecular weight is 483 g/mol. The number of benzene rings is 1. The van der Waals surface area contributed by atoms with E-state index in [1.807, 2.05) is 6.07 Å². The minimum atomic E-state index is -1.88. The summed E-state index contributed by atoms with van der Waals surface area (Å²) in [5.74, 6) is 2.36. The van der Waals surface area contributed by atoms with Gasteiger partial charge in [0.25, 0.3) is 0 Å². The van der Waals surface area contributed by atoms with Gasteiger partial charge in [-0.05, 0) is 65.3 Å². The fraction of sp³-hybridized carbons (Fsp3) is 0.769. The quantitative estimate of drug-likeness (QED) is 0.247. The molecule has 0 aliphatic rings. The molecule has 0 bridgehead atoms. The highest BCUT2D eigenvalue weighted by Gasteiger charge is 2.38. The zero-order valence-electron chi connectivity index (χ0n) is 23.4. The summed E-state index contributed by atoms with van der Waals surface area (Å²) < 4.78 is 25.0. The first kappa shape index (κ1) is 29.2. The topological polar surface area (TPSA) is 36.9 Å². The van der Waals surface area contributed by atoms with Crippen LogP contribution in [0.3, 0.4) is 0 Å². The van der Waals surface area contributed by atoms with E-state index in [0.717, 1.165) is 11.5 Å². The number of ether oxygens (including phenoxy) is 2. The summed E-state index contributed by atoms with van der Waals surface area (Å²) in [5.41, 5.74) is 2.37. The first-order chi connectivity index (χ1) is 14.3. The summed E-state index contributed by atoms with van der Waals surface area (Å²) in [5, 5.41) is 0.294. The molecule has 1 aromatic rings. The molecule has 0 N–H and O–H groups in total. The second-order valence-corrected chi connectivity index (χ2v) is 22.2. The van der Waals surface area contributed by atoms with E-state index in [9.17, 15) is 0 Å². The Morgan fingerprint density at radius 3 is 1.19 bits per heavy atom. The zero-order valence-corrected chi connectivity index (χ0v) is 25.4. The smallest absolute Gasteiger partial charge is 0.196 e. The molecule has 0 spiro atoms. The Morgan fingerprint density at radius 2 is 0.938 bits per heavy atom. The molecule has 0 atom stereocenters. The van der Waals surface area contributed by atoms with Crippen molar-refractivity contribution in [3.8, 4) is 11.5 Å². The van der Waals surface area contributed by atoms with Gasteiger partial charge < -0.3 is 18.3 Å². The van der Waals surface area contributed by atoms with E-state index in [4.69, 9.17) is 18.3 Å². The van der Waals surface area contributed by atoms with Gasteiger partial charge in [-0.2, -0.15) is 0 Å². The van der Waals surface area contributed by atoms with Gasteiger partial charge in [0, 0.05) is 6.07 Å². The second kappa shape index (κ2) is 10.6. The molecular formula is C26H50O4Si2. The van der Waals surface area contributed by atoms with Crippen LogP contribution in [0.4, 0.5) is 0 Å². The lowest BCUT2D eigenvalue weighted by atomic mass is 9.94. The highest BCUT2D eigenvalue weighted by atomic mass is 28.4. The van der Waals surface area contributed by atoms with Crippen LogP contribution in [0.25, 0.3) is 0 Å². The number of hydrogen-bond donors (Lipinski definition) is 0. The molecule has 0 unspecified atom stereocenters. The molecule has 0 aliphatic heterocycles. The summed E-state index contributed by atoms with van der Waals surface area (Å²) in [6.45, 7) is 31.7. The summed E-state index contributed by atoms with van der Waals surface area (Å²) in [4.78, 5) is 0. The van der Waals surface area contributed by atoms with E-state index in [1.54, 1.807) is 0 Å². The van der Waals surface area contributed by atoms with E-state index in [2.05, 4.69) is 101 Å². The van der Waals surface area contributed by atoms with E-state index < -0.39 is 16.6 Å². The SMILES string of the molecule is CC(C)c1cc(C(C)C)c(OCO[Si](C)(C)C(C)(C)C)cc1OCO[Si](C)(C)C(C)(C)C. The van der Waals surface area contributed by atoms with E-state index in [1.165, 1.54) is 11.1 Å². The van der Waals surface area contributed by atoms with Crippen LogP contribution in [0.2, 0.25) is 36.3 Å². The molecule has 186 valence electrons. The Bertz CT molecular complexity index is 682. The molecule has 0 aromatic heterocycles. The molecule has 32 heavy (non-hydrogen) atoms. The molecule has 0 radical (unpaired) electrons. The van der Waals surface area contributed by atoms with Crippen molar-refractivity contribution in [2.45, 2.75) is 117 Å². The Kier molecular flexibility index (Phi) is 9.69. The first-order valence-corrected chi connectivity index (χ1v) is 17.8. The molecule has 4 nitrogen and oxygen atoms in total. The van der Waals surface area contributed by atoms with Gasteiger partial charge in [-0.1, -0.05) is 69.2 Å². The van der Waals surface area contributed by atoms with Crippen LogP contribution in [-0.4, -0.2) is 30.2 Å². The normalized spacial score (nSPS) is 13.8. The van der Waals surface area contributed by atoms with Gasteiger partial charge in [0.1, 0.15) is 11.5 Å². The second-order valence-electron chi connectivity index (χ2n) is 12.6. The molecule has 0 heterocycles. The largest absolute Gasteiger partial charge is 0.468 e. The number of hydrogen-bond acceptors (Lipinski definition) is 4. The lowest BCUT2D eigenvalue weighted by molar-refractivity contribution is 0.0982. The zero-order chi connectivity index (χ0) is 25.1. The molecular weight excluding hydrogens is 432 g/mol. The molecule has 0 saturated heterocycles. The van der Waals surface area contributed by atoms with Crippen LogP contribution in [-0.2, 0) is 8.85 Å². The lowest BCUT2D eigenvalue weighted by Crippen LogP contribution is -2.41. The summed E-state index contributed by atoms with van der Waals surface area (Å²) >= 11 is 0. The maximum absolute atomic E-state index is 6.27. The maximum atomic E-state index is 6.27. The van der Waals surface area contributed by atoms with Crippen molar-refractivity contribution in [1.29, 1.82) is 0 Å². The van der Waals surface area contributed by atoms with Crippen LogP contribution >= 0.6 is 0 Å². The average Bonchev–Trinajstić information content (AvgIpc) is 2.59. The van der Waals surface area contributed by atoms with Crippen molar-refractivity contribution in [3.05, 3.63) is 23.3 Å². The van der Waals surface area contributed by atoms with Gasteiger partial charge in [-0.15, -0.1) is 0 Å². The van der Waals surface area contributed by atoms with Gasteiger partial charge in [0.2, 0.25) is 0 Å². The van der Waals surface area contributed by atoms with E-state index in [-0.39, 0.29) is 23.7 Å². The van der Waals surface area contributed by atoms with Crippen LogP contribution in [0, 0.1) is 0 Å². The molecule has 6 heteroatoms. The van der Waals surface area contributed by atoms with Crippen LogP contribution in [0.5, 0.6) is 11.5 Å². The predicted octanol–water partition coefficient (Wildman–Crippen LogP) is 8.65. The summed E-state index contributed by atoms with van der Waals surface area (Å²) in [6.07, 6.45) is 0. The van der Waals surface area contributed by atoms with Crippen molar-refractivity contribution < 1.29 is 18.3 Å². The summed E-state index contributed by atoms with van der Waals surface area (Å²) in [7, 11) is -3.75. The van der Waals surface area contributed by atoms with Gasteiger partial charge >= 0.3 is 0 Å². The third kappa shape index (κ3) is 7.61. The van der Waals surface area contributed by atoms with Gasteiger partial charge in [0.15, 0.2) is 30.2 Å². The first-order valence-electron chi connectivity index (χ1n) is 12.0. The molecule has 0 saturated carbocycles. The van der Waals surface area contributed by atoms with Crippen molar-refractivity contribution in [3.63, 3.8) is 0 Å². The Labute approximate surface area is 200 Å². The minimum Gasteiger partial charge on any atom is -0.468 e. The molecule has 1 rings (SSSR count). The number of rotatable bonds is 10. The Balaban J connectivity index is 3.12. The fourth-order valence-corrected chi connectivity index (χ4v) is 4.23. The van der Waals surface area contributed by atoms with Gasteiger partial charge in [0.05, 0.1) is 0 Å². The monoisotopic (exact) mass is 482 g/mol. The highest BCUT2D eigenvalue weighted by molar-refractivity contribution is 6.74. The lowest BCUT2D eigenvalue weighted by Gasteiger charge is -2.36. The highest BCUT2D eigenvalue weighted by Crippen LogP contribution is 2.40. The van der Waals surface area contributed by atoms with Crippen molar-refractivity contribution in [1.82, 2.24) is 0 Å². The third-order valence-electron chi connectivity index (χ3n) is 7.27. The van der Waals surface area contributed by atoms with Crippen molar-refractivity contribution in [2.75, 3.05) is 13.6 Å². The standard InChI is InChI=1S/C26H50O4Si2/c1-19(2)21-15-22(20(3)4)24(28-18-30-32(13,14)26(8,9)10)16-23(21)27-17-29-31(11,12)25(5,6)7/h15-16,19-20H,17-18H2,1-14H3. The van der Waals surface area contributed by atoms with Gasteiger partial charge in [-0.25, -0.2) is 0 Å². The van der Waals surface area contributed by atoms with Crippen molar-refractivity contribution in [2.24, 2.45) is 0 Å². The maximum Gasteiger partial charge on any atom is 0.196 e. The Hall–Kier alpha value is -0.826.